The van der Waals surface area contributed by atoms with Crippen molar-refractivity contribution in [3.05, 3.63) is 30.1 Å². The van der Waals surface area contributed by atoms with Gasteiger partial charge in [0.25, 0.3) is 0 Å². The molecule has 2 aromatic heterocycles. The number of carbonyl (C=O) groups excluding carboxylic acids is 1. The Morgan fingerprint density at radius 3 is 2.75 bits per heavy atom. The number of pyridine rings is 1. The Morgan fingerprint density at radius 1 is 1.38 bits per heavy atom. The molecule has 6 nitrogen and oxygen atoms in total. The summed E-state index contributed by atoms with van der Waals surface area (Å²) in [6, 6.07) is 3.64. The lowest BCUT2D eigenvalue weighted by Crippen LogP contribution is -2.30. The highest BCUT2D eigenvalue weighted by atomic mass is 32.2. The van der Waals surface area contributed by atoms with Crippen LogP contribution >= 0.6 is 0 Å². The number of hydrogen-bond donors (Lipinski definition) is 0. The minimum atomic E-state index is -2.89. The zero-order chi connectivity index (χ0) is 17.3. The molecule has 0 radical (unpaired) electrons. The van der Waals surface area contributed by atoms with Crippen LogP contribution < -0.4 is 4.74 Å². The van der Waals surface area contributed by atoms with Crippen molar-refractivity contribution in [3.63, 3.8) is 0 Å². The van der Waals surface area contributed by atoms with Crippen molar-refractivity contribution < 1.29 is 17.9 Å². The van der Waals surface area contributed by atoms with Crippen LogP contribution in [-0.2, 0) is 9.84 Å². The first-order valence-corrected chi connectivity index (χ1v) is 10.1. The minimum absolute atomic E-state index is 0.0295. The summed E-state index contributed by atoms with van der Waals surface area (Å²) in [5, 5.41) is 4.25. The van der Waals surface area contributed by atoms with Crippen molar-refractivity contribution in [2.24, 2.45) is 5.92 Å². The summed E-state index contributed by atoms with van der Waals surface area (Å²) >= 11 is 0. The first-order valence-electron chi connectivity index (χ1n) is 8.28. The molecular weight excluding hydrogens is 328 g/mol. The molecule has 1 unspecified atom stereocenters. The first-order chi connectivity index (χ1) is 11.4. The van der Waals surface area contributed by atoms with E-state index in [1.807, 2.05) is 26.0 Å². The van der Waals surface area contributed by atoms with Crippen molar-refractivity contribution in [3.8, 4) is 5.75 Å². The Labute approximate surface area is 141 Å². The SMILES string of the molecule is CCC(C)C(=O)c1cnn2cc(OC3CCS(=O)(=O)CC3)ccc12. The van der Waals surface area contributed by atoms with E-state index in [0.717, 1.165) is 11.9 Å². The molecule has 7 heteroatoms. The summed E-state index contributed by atoms with van der Waals surface area (Å²) in [4.78, 5) is 12.4. The Bertz CT molecular complexity index is 843. The molecule has 0 aromatic carbocycles. The van der Waals surface area contributed by atoms with Crippen LogP contribution in [0.5, 0.6) is 5.75 Å². The van der Waals surface area contributed by atoms with E-state index >= 15 is 0 Å². The number of sulfone groups is 1. The van der Waals surface area contributed by atoms with E-state index < -0.39 is 9.84 Å². The van der Waals surface area contributed by atoms with Gasteiger partial charge in [0.1, 0.15) is 11.9 Å². The van der Waals surface area contributed by atoms with E-state index in [1.165, 1.54) is 0 Å². The molecule has 0 saturated carbocycles. The zero-order valence-electron chi connectivity index (χ0n) is 13.9. The van der Waals surface area contributed by atoms with Gasteiger partial charge in [-0.15, -0.1) is 0 Å². The minimum Gasteiger partial charge on any atom is -0.489 e. The summed E-state index contributed by atoms with van der Waals surface area (Å²) in [6.07, 6.45) is 5.06. The fourth-order valence-corrected chi connectivity index (χ4v) is 4.30. The molecule has 1 fully saturated rings. The Balaban J connectivity index is 1.77. The van der Waals surface area contributed by atoms with E-state index in [-0.39, 0.29) is 29.3 Å². The largest absolute Gasteiger partial charge is 0.489 e. The van der Waals surface area contributed by atoms with Gasteiger partial charge in [0.2, 0.25) is 0 Å². The summed E-state index contributed by atoms with van der Waals surface area (Å²) in [7, 11) is -2.89. The summed E-state index contributed by atoms with van der Waals surface area (Å²) in [5.41, 5.74) is 1.39. The molecule has 0 N–H and O–H groups in total. The van der Waals surface area contributed by atoms with Gasteiger partial charge in [0.05, 0.1) is 35.0 Å². The summed E-state index contributed by atoms with van der Waals surface area (Å²) in [5.74, 6) is 1.05. The van der Waals surface area contributed by atoms with Gasteiger partial charge >= 0.3 is 0 Å². The van der Waals surface area contributed by atoms with Gasteiger partial charge in [-0.3, -0.25) is 4.79 Å². The lowest BCUT2D eigenvalue weighted by atomic mass is 9.98. The van der Waals surface area contributed by atoms with Crippen molar-refractivity contribution in [2.75, 3.05) is 11.5 Å². The number of Topliss-reactive ketones (excluding diaryl/α,β-unsaturated/α-hetero) is 1. The standard InChI is InChI=1S/C17H22N2O4S/c1-3-12(2)17(20)15-10-18-19-11-14(4-5-16(15)19)23-13-6-8-24(21,22)9-7-13/h4-5,10-13H,3,6-9H2,1-2H3. The molecule has 0 amide bonds. The quantitative estimate of drug-likeness (QED) is 0.774. The van der Waals surface area contributed by atoms with Crippen LogP contribution in [0.4, 0.5) is 0 Å². The molecular formula is C17H22N2O4S. The molecule has 0 spiro atoms. The Kier molecular flexibility index (Phi) is 4.62. The van der Waals surface area contributed by atoms with Crippen molar-refractivity contribution in [2.45, 2.75) is 39.2 Å². The third kappa shape index (κ3) is 3.45. The number of ketones is 1. The van der Waals surface area contributed by atoms with E-state index in [2.05, 4.69) is 5.10 Å². The summed E-state index contributed by atoms with van der Waals surface area (Å²) in [6.45, 7) is 3.91. The van der Waals surface area contributed by atoms with Gasteiger partial charge in [-0.2, -0.15) is 5.10 Å². The molecule has 1 saturated heterocycles. The molecule has 1 aliphatic rings. The highest BCUT2D eigenvalue weighted by Crippen LogP contribution is 2.23. The van der Waals surface area contributed by atoms with E-state index in [9.17, 15) is 13.2 Å². The highest BCUT2D eigenvalue weighted by Gasteiger charge is 2.25. The van der Waals surface area contributed by atoms with Gasteiger partial charge in [0, 0.05) is 5.92 Å². The predicted molar refractivity (Wildman–Crippen MR) is 91.3 cm³/mol. The van der Waals surface area contributed by atoms with E-state index in [1.54, 1.807) is 16.9 Å². The number of carbonyl (C=O) groups is 1. The molecule has 1 atom stereocenters. The van der Waals surface area contributed by atoms with Crippen LogP contribution in [0.15, 0.2) is 24.5 Å². The molecule has 130 valence electrons. The second-order valence-corrected chi connectivity index (χ2v) is 8.70. The average Bonchev–Trinajstić information content (AvgIpc) is 2.98. The van der Waals surface area contributed by atoms with Gasteiger partial charge in [-0.1, -0.05) is 13.8 Å². The van der Waals surface area contributed by atoms with Crippen LogP contribution in [0.3, 0.4) is 0 Å². The number of fused-ring (bicyclic) bond motifs is 1. The topological polar surface area (TPSA) is 77.7 Å². The summed E-state index contributed by atoms with van der Waals surface area (Å²) < 4.78 is 30.5. The fraction of sp³-hybridized carbons (Fsp3) is 0.529. The van der Waals surface area contributed by atoms with Crippen LogP contribution in [0.1, 0.15) is 43.5 Å². The predicted octanol–water partition coefficient (Wildman–Crippen LogP) is 2.52. The third-order valence-corrected chi connectivity index (χ3v) is 6.33. The number of ether oxygens (including phenoxy) is 1. The Morgan fingerprint density at radius 2 is 2.08 bits per heavy atom. The molecule has 3 heterocycles. The monoisotopic (exact) mass is 350 g/mol. The fourth-order valence-electron chi connectivity index (χ4n) is 2.85. The molecule has 2 aromatic rings. The Hall–Kier alpha value is -1.89. The third-order valence-electron chi connectivity index (χ3n) is 4.62. The normalized spacial score (nSPS) is 19.2. The van der Waals surface area contributed by atoms with E-state index in [4.69, 9.17) is 4.74 Å². The lowest BCUT2D eigenvalue weighted by Gasteiger charge is -2.23. The lowest BCUT2D eigenvalue weighted by molar-refractivity contribution is 0.0929. The molecule has 0 aliphatic carbocycles. The van der Waals surface area contributed by atoms with Gasteiger partial charge < -0.3 is 4.74 Å². The molecule has 3 rings (SSSR count). The molecule has 0 bridgehead atoms. The number of aromatic nitrogens is 2. The molecule has 1 aliphatic heterocycles. The van der Waals surface area contributed by atoms with E-state index in [0.29, 0.717) is 24.2 Å². The van der Waals surface area contributed by atoms with Crippen molar-refractivity contribution >= 4 is 21.1 Å². The van der Waals surface area contributed by atoms with Crippen molar-refractivity contribution in [1.29, 1.82) is 0 Å². The smallest absolute Gasteiger partial charge is 0.169 e. The maximum absolute atomic E-state index is 12.4. The van der Waals surface area contributed by atoms with Crippen LogP contribution in [0.2, 0.25) is 0 Å². The van der Waals surface area contributed by atoms with Crippen LogP contribution in [0.25, 0.3) is 5.52 Å². The first kappa shape index (κ1) is 17.0. The second kappa shape index (κ2) is 6.55. The van der Waals surface area contributed by atoms with Gasteiger partial charge in [0.15, 0.2) is 15.6 Å². The number of nitrogens with zero attached hydrogens (tertiary/aromatic N) is 2. The average molecular weight is 350 g/mol. The maximum atomic E-state index is 12.4. The van der Waals surface area contributed by atoms with Crippen molar-refractivity contribution in [1.82, 2.24) is 9.61 Å². The second-order valence-electron chi connectivity index (χ2n) is 6.40. The van der Waals surface area contributed by atoms with Crippen LogP contribution in [0, 0.1) is 5.92 Å². The van der Waals surface area contributed by atoms with Gasteiger partial charge in [-0.25, -0.2) is 12.9 Å². The molecule has 24 heavy (non-hydrogen) atoms. The highest BCUT2D eigenvalue weighted by molar-refractivity contribution is 7.91. The number of rotatable bonds is 5. The van der Waals surface area contributed by atoms with Crippen LogP contribution in [-0.4, -0.2) is 41.4 Å². The maximum Gasteiger partial charge on any atom is 0.169 e. The number of hydrogen-bond acceptors (Lipinski definition) is 5. The zero-order valence-corrected chi connectivity index (χ0v) is 14.8. The van der Waals surface area contributed by atoms with Gasteiger partial charge in [-0.05, 0) is 31.4 Å².